The Morgan fingerprint density at radius 3 is 2.56 bits per heavy atom. The highest BCUT2D eigenvalue weighted by Crippen LogP contribution is 2.30. The Morgan fingerprint density at radius 2 is 2.00 bits per heavy atom. The molecular weight excluding hydrogens is 325 g/mol. The Morgan fingerprint density at radius 1 is 1.36 bits per heavy atom. The van der Waals surface area contributed by atoms with Crippen molar-refractivity contribution in [2.45, 2.75) is 58.8 Å². The van der Waals surface area contributed by atoms with Crippen molar-refractivity contribution >= 4 is 17.7 Å². The molecule has 6 nitrogen and oxygen atoms in total. The SMILES string of the molecule is C[C@@H]1CN([C@H](C)C(N)=O)c2cc(F)ccc2CN1C(=O)OC(C)(C)C. The number of primary amides is 1. The summed E-state index contributed by atoms with van der Waals surface area (Å²) in [6, 6.07) is 3.48. The van der Waals surface area contributed by atoms with Crippen LogP contribution < -0.4 is 10.6 Å². The maximum Gasteiger partial charge on any atom is 0.410 e. The van der Waals surface area contributed by atoms with Gasteiger partial charge in [0.15, 0.2) is 0 Å². The van der Waals surface area contributed by atoms with E-state index in [4.69, 9.17) is 10.5 Å². The molecule has 2 rings (SSSR count). The molecule has 1 heterocycles. The number of benzene rings is 1. The zero-order valence-corrected chi connectivity index (χ0v) is 15.4. The number of anilines is 1. The summed E-state index contributed by atoms with van der Waals surface area (Å²) < 4.78 is 19.3. The minimum Gasteiger partial charge on any atom is -0.444 e. The highest BCUT2D eigenvalue weighted by atomic mass is 19.1. The molecule has 2 N–H and O–H groups in total. The largest absolute Gasteiger partial charge is 0.444 e. The molecule has 1 aliphatic heterocycles. The third-order valence-electron chi connectivity index (χ3n) is 4.20. The van der Waals surface area contributed by atoms with E-state index in [-0.39, 0.29) is 12.6 Å². The van der Waals surface area contributed by atoms with Crippen LogP contribution in [-0.4, -0.2) is 41.1 Å². The van der Waals surface area contributed by atoms with Gasteiger partial charge in [-0.1, -0.05) is 6.07 Å². The molecule has 0 saturated carbocycles. The van der Waals surface area contributed by atoms with Crippen molar-refractivity contribution in [2.24, 2.45) is 5.73 Å². The van der Waals surface area contributed by atoms with Crippen LogP contribution >= 0.6 is 0 Å². The predicted molar refractivity (Wildman–Crippen MR) is 93.6 cm³/mol. The summed E-state index contributed by atoms with van der Waals surface area (Å²) in [7, 11) is 0. The lowest BCUT2D eigenvalue weighted by atomic mass is 10.1. The molecule has 25 heavy (non-hydrogen) atoms. The quantitative estimate of drug-likeness (QED) is 0.889. The number of nitrogens with zero attached hydrogens (tertiary/aromatic N) is 2. The van der Waals surface area contributed by atoms with Crippen LogP contribution in [0.4, 0.5) is 14.9 Å². The first-order valence-corrected chi connectivity index (χ1v) is 8.33. The summed E-state index contributed by atoms with van der Waals surface area (Å²) in [5, 5.41) is 0. The summed E-state index contributed by atoms with van der Waals surface area (Å²) in [5.41, 5.74) is 6.15. The number of ether oxygens (including phenoxy) is 1. The summed E-state index contributed by atoms with van der Waals surface area (Å²) in [6.07, 6.45) is -0.441. The second-order valence-electron chi connectivity index (χ2n) is 7.46. The molecule has 2 atom stereocenters. The van der Waals surface area contributed by atoms with Crippen LogP contribution in [0.1, 0.15) is 40.2 Å². The summed E-state index contributed by atoms with van der Waals surface area (Å²) in [6.45, 7) is 9.57. The molecule has 0 aliphatic carbocycles. The minimum absolute atomic E-state index is 0.243. The number of halogens is 1. The first-order valence-electron chi connectivity index (χ1n) is 8.33. The van der Waals surface area contributed by atoms with Crippen LogP contribution in [-0.2, 0) is 16.1 Å². The van der Waals surface area contributed by atoms with E-state index in [1.165, 1.54) is 12.1 Å². The van der Waals surface area contributed by atoms with E-state index in [2.05, 4.69) is 0 Å². The fraction of sp³-hybridized carbons (Fsp3) is 0.556. The fourth-order valence-electron chi connectivity index (χ4n) is 2.84. The van der Waals surface area contributed by atoms with Gasteiger partial charge in [0.05, 0.1) is 12.6 Å². The molecule has 0 bridgehead atoms. The van der Waals surface area contributed by atoms with Gasteiger partial charge in [0, 0.05) is 12.2 Å². The number of hydrogen-bond donors (Lipinski definition) is 1. The number of carbonyl (C=O) groups is 2. The molecule has 1 aromatic rings. The molecule has 0 aromatic heterocycles. The van der Waals surface area contributed by atoms with Crippen molar-refractivity contribution in [1.29, 1.82) is 0 Å². The molecule has 138 valence electrons. The van der Waals surface area contributed by atoms with Gasteiger partial charge in [-0.25, -0.2) is 9.18 Å². The van der Waals surface area contributed by atoms with Gasteiger partial charge < -0.3 is 15.4 Å². The van der Waals surface area contributed by atoms with Crippen LogP contribution in [0.3, 0.4) is 0 Å². The maximum absolute atomic E-state index is 13.8. The fourth-order valence-corrected chi connectivity index (χ4v) is 2.84. The van der Waals surface area contributed by atoms with E-state index in [9.17, 15) is 14.0 Å². The zero-order valence-electron chi connectivity index (χ0n) is 15.4. The molecule has 1 aromatic carbocycles. The van der Waals surface area contributed by atoms with Crippen LogP contribution in [0.2, 0.25) is 0 Å². The van der Waals surface area contributed by atoms with E-state index in [1.54, 1.807) is 43.6 Å². The highest BCUT2D eigenvalue weighted by molar-refractivity contribution is 5.84. The number of fused-ring (bicyclic) bond motifs is 1. The number of amides is 2. The summed E-state index contributed by atoms with van der Waals surface area (Å²) in [5.74, 6) is -0.910. The number of rotatable bonds is 2. The van der Waals surface area contributed by atoms with Gasteiger partial charge in [-0.3, -0.25) is 9.69 Å². The van der Waals surface area contributed by atoms with E-state index in [1.807, 2.05) is 6.92 Å². The normalized spacial score (nSPS) is 19.0. The second kappa shape index (κ2) is 6.90. The lowest BCUT2D eigenvalue weighted by Crippen LogP contribution is -2.49. The summed E-state index contributed by atoms with van der Waals surface area (Å²) in [4.78, 5) is 27.6. The Hall–Kier alpha value is -2.31. The molecule has 0 saturated heterocycles. The van der Waals surface area contributed by atoms with Crippen LogP contribution in [0.25, 0.3) is 0 Å². The van der Waals surface area contributed by atoms with Gasteiger partial charge in [-0.15, -0.1) is 0 Å². The third-order valence-corrected chi connectivity index (χ3v) is 4.20. The standard InChI is InChI=1S/C18H26FN3O3/c1-11-9-22(12(2)16(20)23)15-8-14(19)7-6-13(15)10-21(11)17(24)25-18(3,4)5/h6-8,11-12H,9-10H2,1-5H3,(H2,20,23)/t11-,12-/m1/s1. The van der Waals surface area contributed by atoms with Crippen molar-refractivity contribution < 1.29 is 18.7 Å². The first kappa shape index (κ1) is 19.0. The second-order valence-corrected chi connectivity index (χ2v) is 7.46. The molecule has 2 amide bonds. The number of carbonyl (C=O) groups excluding carboxylic acids is 2. The summed E-state index contributed by atoms with van der Waals surface area (Å²) >= 11 is 0. The highest BCUT2D eigenvalue weighted by Gasteiger charge is 2.34. The van der Waals surface area contributed by atoms with Crippen LogP contribution in [0.5, 0.6) is 0 Å². The van der Waals surface area contributed by atoms with Crippen molar-refractivity contribution in [3.63, 3.8) is 0 Å². The minimum atomic E-state index is -0.624. The topological polar surface area (TPSA) is 75.9 Å². The van der Waals surface area contributed by atoms with Gasteiger partial charge in [0.25, 0.3) is 0 Å². The third kappa shape index (κ3) is 4.41. The Bertz CT molecular complexity index is 672. The smallest absolute Gasteiger partial charge is 0.410 e. The average molecular weight is 351 g/mol. The van der Waals surface area contributed by atoms with E-state index in [0.29, 0.717) is 12.2 Å². The lowest BCUT2D eigenvalue weighted by Gasteiger charge is -2.33. The Balaban J connectivity index is 2.42. The maximum atomic E-state index is 13.8. The average Bonchev–Trinajstić information content (AvgIpc) is 2.61. The van der Waals surface area contributed by atoms with Gasteiger partial charge in [-0.2, -0.15) is 0 Å². The molecule has 0 spiro atoms. The molecule has 0 fully saturated rings. The monoisotopic (exact) mass is 351 g/mol. The first-order chi connectivity index (χ1) is 11.5. The molecule has 1 aliphatic rings. The van der Waals surface area contributed by atoms with Gasteiger partial charge in [-0.05, 0) is 52.3 Å². The zero-order chi connectivity index (χ0) is 18.9. The van der Waals surface area contributed by atoms with Gasteiger partial charge in [0.1, 0.15) is 17.5 Å². The molecule has 0 unspecified atom stereocenters. The Kier molecular flexibility index (Phi) is 5.25. The number of hydrogen-bond acceptors (Lipinski definition) is 4. The van der Waals surface area contributed by atoms with Crippen LogP contribution in [0.15, 0.2) is 18.2 Å². The molecular formula is C18H26FN3O3. The number of nitrogens with two attached hydrogens (primary N) is 1. The predicted octanol–water partition coefficient (Wildman–Crippen LogP) is 2.65. The Labute approximate surface area is 147 Å². The van der Waals surface area contributed by atoms with Crippen LogP contribution in [0, 0.1) is 5.82 Å². The van der Waals surface area contributed by atoms with E-state index >= 15 is 0 Å². The van der Waals surface area contributed by atoms with Crippen molar-refractivity contribution in [2.75, 3.05) is 11.4 Å². The van der Waals surface area contributed by atoms with Gasteiger partial charge in [0.2, 0.25) is 5.91 Å². The van der Waals surface area contributed by atoms with Crippen molar-refractivity contribution in [3.05, 3.63) is 29.6 Å². The van der Waals surface area contributed by atoms with E-state index < -0.39 is 29.5 Å². The molecule has 7 heteroatoms. The van der Waals surface area contributed by atoms with Crippen molar-refractivity contribution in [1.82, 2.24) is 4.90 Å². The van der Waals surface area contributed by atoms with E-state index in [0.717, 1.165) is 5.56 Å². The van der Waals surface area contributed by atoms with Crippen molar-refractivity contribution in [3.8, 4) is 0 Å². The lowest BCUT2D eigenvalue weighted by molar-refractivity contribution is -0.119. The molecule has 0 radical (unpaired) electrons. The van der Waals surface area contributed by atoms with Gasteiger partial charge >= 0.3 is 6.09 Å².